The predicted octanol–water partition coefficient (Wildman–Crippen LogP) is 6.25. The Bertz CT molecular complexity index is 1750. The summed E-state index contributed by atoms with van der Waals surface area (Å²) in [6, 6.07) is 7.02. The minimum absolute atomic E-state index is 0.0607. The van der Waals surface area contributed by atoms with Crippen molar-refractivity contribution in [3.63, 3.8) is 0 Å². The minimum atomic E-state index is -1.41. The van der Waals surface area contributed by atoms with E-state index in [2.05, 4.69) is 24.2 Å². The highest BCUT2D eigenvalue weighted by atomic mass is 19.2. The van der Waals surface area contributed by atoms with Gasteiger partial charge in [0.2, 0.25) is 11.6 Å². The molecule has 3 heterocycles. The molecule has 5 rings (SSSR count). The summed E-state index contributed by atoms with van der Waals surface area (Å²) in [5.41, 5.74) is 0.0620. The molecule has 2 N–H and O–H groups in total. The average molecular weight is 654 g/mol. The molecule has 2 aromatic heterocycles. The first kappa shape index (κ1) is 34.0. The summed E-state index contributed by atoms with van der Waals surface area (Å²) >= 11 is 0. The van der Waals surface area contributed by atoms with Crippen LogP contribution in [-0.4, -0.2) is 73.4 Å². The summed E-state index contributed by atoms with van der Waals surface area (Å²) in [7, 11) is 3.26. The van der Waals surface area contributed by atoms with Crippen LogP contribution in [-0.2, 0) is 9.47 Å². The smallest absolute Gasteiger partial charge is 0.354 e. The van der Waals surface area contributed by atoms with E-state index in [1.165, 1.54) is 31.4 Å². The zero-order valence-electron chi connectivity index (χ0n) is 25.2. The number of halogens is 6. The molecule has 1 amide bonds. The van der Waals surface area contributed by atoms with E-state index >= 15 is 0 Å². The number of benzene rings is 2. The van der Waals surface area contributed by atoms with Crippen LogP contribution in [0.5, 0.6) is 11.5 Å². The maximum absolute atomic E-state index is 14.4. The second-order valence-corrected chi connectivity index (χ2v) is 10.2. The second kappa shape index (κ2) is 14.0. The first-order chi connectivity index (χ1) is 21.8. The van der Waals surface area contributed by atoms with Crippen molar-refractivity contribution in [1.82, 2.24) is 14.9 Å². The number of H-pyrrole nitrogens is 2. The number of carbonyl (C=O) groups is 2. The Morgan fingerprint density at radius 1 is 0.717 bits per heavy atom. The third kappa shape index (κ3) is 6.83. The molecule has 0 aliphatic carbocycles. The number of rotatable bonds is 6. The fourth-order valence-corrected chi connectivity index (χ4v) is 4.88. The van der Waals surface area contributed by atoms with Gasteiger partial charge in [0.25, 0.3) is 5.91 Å². The van der Waals surface area contributed by atoms with E-state index in [9.17, 15) is 35.9 Å². The third-order valence-corrected chi connectivity index (χ3v) is 6.93. The number of aromatic nitrogens is 2. The van der Waals surface area contributed by atoms with Gasteiger partial charge in [-0.15, -0.1) is 0 Å². The van der Waals surface area contributed by atoms with Crippen LogP contribution < -0.4 is 9.47 Å². The zero-order chi connectivity index (χ0) is 33.9. The van der Waals surface area contributed by atoms with E-state index in [1.807, 2.05) is 13.8 Å². The lowest BCUT2D eigenvalue weighted by Crippen LogP contribution is -2.48. The van der Waals surface area contributed by atoms with E-state index in [0.717, 1.165) is 20.3 Å². The fourth-order valence-electron chi connectivity index (χ4n) is 4.88. The van der Waals surface area contributed by atoms with Crippen molar-refractivity contribution in [3.8, 4) is 34.0 Å². The molecular weight excluding hydrogens is 624 g/mol. The number of hydrogen-bond acceptors (Lipinski definition) is 6. The Labute approximate surface area is 259 Å². The molecule has 1 aliphatic rings. The van der Waals surface area contributed by atoms with Gasteiger partial charge in [0.1, 0.15) is 11.4 Å². The fraction of sp³-hybridized carbons (Fsp3) is 0.290. The van der Waals surface area contributed by atoms with Crippen LogP contribution in [0.15, 0.2) is 36.4 Å². The molecule has 0 radical (unpaired) electrons. The summed E-state index contributed by atoms with van der Waals surface area (Å²) in [4.78, 5) is 30.9. The normalized spacial score (nSPS) is 16.0. The summed E-state index contributed by atoms with van der Waals surface area (Å²) in [5, 5.41) is 0. The first-order valence-electron chi connectivity index (χ1n) is 13.7. The summed E-state index contributed by atoms with van der Waals surface area (Å²) in [6.45, 7) is 4.62. The predicted molar refractivity (Wildman–Crippen MR) is 153 cm³/mol. The Morgan fingerprint density at radius 3 is 1.59 bits per heavy atom. The second-order valence-electron chi connectivity index (χ2n) is 10.2. The molecule has 0 unspecified atom stereocenters. The van der Waals surface area contributed by atoms with Gasteiger partial charge in [-0.05, 0) is 50.2 Å². The average Bonchev–Trinajstić information content (AvgIpc) is 3.71. The van der Waals surface area contributed by atoms with Crippen LogP contribution in [0, 0.1) is 34.9 Å². The van der Waals surface area contributed by atoms with Crippen LogP contribution in [0.3, 0.4) is 0 Å². The van der Waals surface area contributed by atoms with E-state index in [4.69, 9.17) is 4.74 Å². The molecule has 246 valence electrons. The van der Waals surface area contributed by atoms with Crippen molar-refractivity contribution in [2.75, 3.05) is 34.4 Å². The van der Waals surface area contributed by atoms with Crippen molar-refractivity contribution >= 4 is 11.9 Å². The maximum Gasteiger partial charge on any atom is 0.354 e. The molecule has 2 atom stereocenters. The van der Waals surface area contributed by atoms with Gasteiger partial charge in [-0.25, -0.2) is 22.4 Å². The zero-order valence-corrected chi connectivity index (χ0v) is 25.2. The van der Waals surface area contributed by atoms with E-state index in [0.29, 0.717) is 19.2 Å². The van der Waals surface area contributed by atoms with Gasteiger partial charge in [0, 0.05) is 35.6 Å². The molecular formula is C31H29F6N3O6. The van der Waals surface area contributed by atoms with Crippen LogP contribution >= 0.6 is 0 Å². The lowest BCUT2D eigenvalue weighted by molar-refractivity contribution is -0.0587. The van der Waals surface area contributed by atoms with Gasteiger partial charge in [-0.3, -0.25) is 4.79 Å². The van der Waals surface area contributed by atoms with Crippen molar-refractivity contribution < 1.29 is 54.9 Å². The van der Waals surface area contributed by atoms with Gasteiger partial charge >= 0.3 is 5.97 Å². The van der Waals surface area contributed by atoms with Crippen molar-refractivity contribution in [3.05, 3.63) is 82.7 Å². The Hall–Kier alpha value is -4.92. The lowest BCUT2D eigenvalue weighted by atomic mass is 10.1. The number of carbonyl (C=O) groups excluding carboxylic acids is 2. The molecule has 2 aromatic carbocycles. The van der Waals surface area contributed by atoms with Crippen LogP contribution in [0.4, 0.5) is 26.3 Å². The Balaban J connectivity index is 0.000000216. The number of aromatic amines is 2. The summed E-state index contributed by atoms with van der Waals surface area (Å²) in [5.74, 6) is -9.97. The highest BCUT2D eigenvalue weighted by molar-refractivity contribution is 5.93. The van der Waals surface area contributed by atoms with Crippen LogP contribution in [0.2, 0.25) is 0 Å². The topological polar surface area (TPSA) is 106 Å². The molecule has 9 nitrogen and oxygen atoms in total. The summed E-state index contributed by atoms with van der Waals surface area (Å²) < 4.78 is 102. The van der Waals surface area contributed by atoms with Gasteiger partial charge in [-0.2, -0.15) is 8.78 Å². The molecule has 46 heavy (non-hydrogen) atoms. The Kier molecular flexibility index (Phi) is 10.4. The van der Waals surface area contributed by atoms with Gasteiger partial charge in [0.15, 0.2) is 34.8 Å². The highest BCUT2D eigenvalue weighted by Gasteiger charge is 2.28. The molecule has 4 aromatic rings. The van der Waals surface area contributed by atoms with Crippen molar-refractivity contribution in [2.24, 2.45) is 0 Å². The highest BCUT2D eigenvalue weighted by Crippen LogP contribution is 2.34. The molecule has 0 saturated carbocycles. The van der Waals surface area contributed by atoms with E-state index in [1.54, 1.807) is 4.90 Å². The SMILES string of the molecule is COC(=O)c1ccc(-c2cc(F)c(F)c(OC)c2F)[nH]1.COc1c(F)c(F)cc(-c2ccc(C(=O)N3C[C@@H](C)O[C@@H](C)C3)[nH]2)c1F. The van der Waals surface area contributed by atoms with Gasteiger partial charge < -0.3 is 33.8 Å². The largest absolute Gasteiger partial charge is 0.491 e. The van der Waals surface area contributed by atoms with Gasteiger partial charge in [0.05, 0.1) is 33.5 Å². The molecule has 0 bridgehead atoms. The maximum atomic E-state index is 14.4. The number of ether oxygens (including phenoxy) is 4. The molecule has 0 spiro atoms. The number of morpholine rings is 1. The minimum Gasteiger partial charge on any atom is -0.491 e. The number of hydrogen-bond donors (Lipinski definition) is 2. The van der Waals surface area contributed by atoms with Crippen molar-refractivity contribution in [2.45, 2.75) is 26.1 Å². The Morgan fingerprint density at radius 2 is 1.15 bits per heavy atom. The van der Waals surface area contributed by atoms with Crippen LogP contribution in [0.25, 0.3) is 22.5 Å². The molecule has 1 saturated heterocycles. The molecule has 1 aliphatic heterocycles. The molecule has 15 heteroatoms. The standard InChI is InChI=1S/C18H19F3N2O3.C13H10F3NO3/c1-9-7-23(8-10(2)26-9)18(24)14-5-4-13(22-14)11-6-12(19)16(21)17(25-3)15(11)20;1-19-12-10(15)6(5-7(14)11(12)16)8-3-4-9(17-8)13(18)20-2/h4-6,9-10,22H,7-8H2,1-3H3;3-5,17H,1-2H3/t9-,10+;. The monoisotopic (exact) mass is 653 g/mol. The van der Waals surface area contributed by atoms with Gasteiger partial charge in [-0.1, -0.05) is 0 Å². The number of esters is 1. The van der Waals surface area contributed by atoms with E-state index < -0.39 is 52.4 Å². The molecule has 1 fully saturated rings. The number of amides is 1. The van der Waals surface area contributed by atoms with Crippen LogP contribution in [0.1, 0.15) is 34.8 Å². The summed E-state index contributed by atoms with van der Waals surface area (Å²) in [6.07, 6.45) is -0.185. The number of nitrogens with one attached hydrogen (secondary N) is 2. The first-order valence-corrected chi connectivity index (χ1v) is 13.7. The quantitative estimate of drug-likeness (QED) is 0.145. The lowest BCUT2D eigenvalue weighted by Gasteiger charge is -2.35. The van der Waals surface area contributed by atoms with E-state index in [-0.39, 0.29) is 52.0 Å². The van der Waals surface area contributed by atoms with Crippen molar-refractivity contribution in [1.29, 1.82) is 0 Å². The third-order valence-electron chi connectivity index (χ3n) is 6.93. The number of nitrogens with zero attached hydrogens (tertiary/aromatic N) is 1. The number of methoxy groups -OCH3 is 3.